The summed E-state index contributed by atoms with van der Waals surface area (Å²) < 4.78 is 7.70. The van der Waals surface area contributed by atoms with Gasteiger partial charge in [-0.25, -0.2) is 4.98 Å². The van der Waals surface area contributed by atoms with Gasteiger partial charge in [0.2, 0.25) is 0 Å². The minimum Gasteiger partial charge on any atom is -0.497 e. The summed E-state index contributed by atoms with van der Waals surface area (Å²) in [7, 11) is 1.68. The molecule has 2 aromatic carbocycles. The third kappa shape index (κ3) is 2.22. The predicted octanol–water partition coefficient (Wildman–Crippen LogP) is 4.58. The van der Waals surface area contributed by atoms with E-state index in [1.54, 1.807) is 18.4 Å². The van der Waals surface area contributed by atoms with Crippen molar-refractivity contribution in [1.29, 1.82) is 0 Å². The van der Waals surface area contributed by atoms with Crippen LogP contribution in [0.3, 0.4) is 0 Å². The number of halogens is 1. The zero-order valence-electron chi connectivity index (χ0n) is 9.68. The fourth-order valence-electron chi connectivity index (χ4n) is 1.78. The molecule has 1 heterocycles. The molecule has 3 rings (SSSR count). The summed E-state index contributed by atoms with van der Waals surface area (Å²) in [5, 5.41) is 1.03. The van der Waals surface area contributed by atoms with E-state index in [2.05, 4.69) is 51.8 Å². The Bertz CT molecular complexity index is 708. The third-order valence-corrected chi connectivity index (χ3v) is 4.41. The van der Waals surface area contributed by atoms with Crippen LogP contribution in [0.4, 0.5) is 0 Å². The molecule has 0 atom stereocenters. The van der Waals surface area contributed by atoms with E-state index >= 15 is 0 Å². The van der Waals surface area contributed by atoms with Gasteiger partial charge >= 0.3 is 0 Å². The van der Waals surface area contributed by atoms with Crippen LogP contribution in [0.15, 0.2) is 42.5 Å². The lowest BCUT2D eigenvalue weighted by atomic mass is 10.2. The fraction of sp³-hybridized carbons (Fsp3) is 0.0714. The van der Waals surface area contributed by atoms with Crippen LogP contribution in [0.25, 0.3) is 20.8 Å². The molecule has 0 radical (unpaired) electrons. The average molecular weight is 367 g/mol. The van der Waals surface area contributed by atoms with Crippen LogP contribution < -0.4 is 4.74 Å². The number of methoxy groups -OCH3 is 1. The summed E-state index contributed by atoms with van der Waals surface area (Å²) in [5.41, 5.74) is 2.16. The molecule has 0 N–H and O–H groups in total. The number of hydrogen-bond donors (Lipinski definition) is 0. The summed E-state index contributed by atoms with van der Waals surface area (Å²) in [6.45, 7) is 0. The quantitative estimate of drug-likeness (QED) is 0.619. The molecule has 0 unspecified atom stereocenters. The van der Waals surface area contributed by atoms with E-state index in [4.69, 9.17) is 4.74 Å². The molecule has 0 aliphatic carbocycles. The molecule has 90 valence electrons. The van der Waals surface area contributed by atoms with Crippen molar-refractivity contribution in [2.24, 2.45) is 0 Å². The highest BCUT2D eigenvalue weighted by Crippen LogP contribution is 2.32. The number of hydrogen-bond acceptors (Lipinski definition) is 3. The molecule has 1 aromatic heterocycles. The van der Waals surface area contributed by atoms with Crippen LogP contribution >= 0.6 is 33.9 Å². The Morgan fingerprint density at radius 2 is 2.06 bits per heavy atom. The molecule has 0 aliphatic rings. The summed E-state index contributed by atoms with van der Waals surface area (Å²) in [6, 6.07) is 14.3. The standard InChI is InChI=1S/C14H10INOS/c1-17-11-4-2-3-9(7-11)14-16-12-6-5-10(15)8-13(12)18-14/h2-8H,1H3. The number of rotatable bonds is 2. The first kappa shape index (κ1) is 11.9. The first-order valence-corrected chi connectivity index (χ1v) is 7.36. The van der Waals surface area contributed by atoms with E-state index < -0.39 is 0 Å². The third-order valence-electron chi connectivity index (χ3n) is 2.67. The SMILES string of the molecule is COc1cccc(-c2nc3ccc(I)cc3s2)c1. The first-order chi connectivity index (χ1) is 8.76. The van der Waals surface area contributed by atoms with Crippen LogP contribution in [0, 0.1) is 3.57 Å². The summed E-state index contributed by atoms with van der Waals surface area (Å²) in [6.07, 6.45) is 0. The molecule has 0 saturated heterocycles. The van der Waals surface area contributed by atoms with Gasteiger partial charge < -0.3 is 4.74 Å². The summed E-state index contributed by atoms with van der Waals surface area (Å²) in [5.74, 6) is 0.862. The van der Waals surface area contributed by atoms with Gasteiger partial charge in [0.15, 0.2) is 0 Å². The van der Waals surface area contributed by atoms with Gasteiger partial charge in [0.1, 0.15) is 10.8 Å². The van der Waals surface area contributed by atoms with E-state index in [0.29, 0.717) is 0 Å². The van der Waals surface area contributed by atoms with Crippen LogP contribution in [-0.4, -0.2) is 12.1 Å². The molecule has 0 spiro atoms. The Hall–Kier alpha value is -1.14. The molecule has 4 heteroatoms. The van der Waals surface area contributed by atoms with Crippen LogP contribution in [-0.2, 0) is 0 Å². The van der Waals surface area contributed by atoms with Gasteiger partial charge in [-0.05, 0) is 52.9 Å². The minimum atomic E-state index is 0.862. The van der Waals surface area contributed by atoms with Gasteiger partial charge in [-0.3, -0.25) is 0 Å². The topological polar surface area (TPSA) is 22.1 Å². The van der Waals surface area contributed by atoms with E-state index in [0.717, 1.165) is 21.8 Å². The number of thiazole rings is 1. The van der Waals surface area contributed by atoms with Gasteiger partial charge in [0, 0.05) is 9.13 Å². The highest BCUT2D eigenvalue weighted by Gasteiger charge is 2.07. The van der Waals surface area contributed by atoms with Crippen LogP contribution in [0.1, 0.15) is 0 Å². The monoisotopic (exact) mass is 367 g/mol. The predicted molar refractivity (Wildman–Crippen MR) is 84.3 cm³/mol. The maximum absolute atomic E-state index is 5.25. The van der Waals surface area contributed by atoms with Crippen molar-refractivity contribution in [3.63, 3.8) is 0 Å². The smallest absolute Gasteiger partial charge is 0.124 e. The number of fused-ring (bicyclic) bond motifs is 1. The Morgan fingerprint density at radius 3 is 2.89 bits per heavy atom. The Balaban J connectivity index is 2.13. The normalized spacial score (nSPS) is 10.8. The molecular weight excluding hydrogens is 357 g/mol. The van der Waals surface area contributed by atoms with Crippen molar-refractivity contribution in [3.8, 4) is 16.3 Å². The molecule has 0 bridgehead atoms. The summed E-state index contributed by atoms with van der Waals surface area (Å²) in [4.78, 5) is 4.66. The number of aromatic nitrogens is 1. The second-order valence-electron chi connectivity index (χ2n) is 3.86. The molecule has 2 nitrogen and oxygen atoms in total. The highest BCUT2D eigenvalue weighted by molar-refractivity contribution is 14.1. The van der Waals surface area contributed by atoms with Crippen LogP contribution in [0.5, 0.6) is 5.75 Å². The first-order valence-electron chi connectivity index (χ1n) is 5.47. The van der Waals surface area contributed by atoms with Gasteiger partial charge in [-0.15, -0.1) is 11.3 Å². The van der Waals surface area contributed by atoms with Crippen molar-refractivity contribution in [1.82, 2.24) is 4.98 Å². The minimum absolute atomic E-state index is 0.862. The molecule has 3 aromatic rings. The molecule has 0 fully saturated rings. The van der Waals surface area contributed by atoms with Crippen molar-refractivity contribution >= 4 is 44.1 Å². The van der Waals surface area contributed by atoms with Gasteiger partial charge in [0.25, 0.3) is 0 Å². The van der Waals surface area contributed by atoms with E-state index in [-0.39, 0.29) is 0 Å². The highest BCUT2D eigenvalue weighted by atomic mass is 127. The van der Waals surface area contributed by atoms with Crippen molar-refractivity contribution in [3.05, 3.63) is 46.0 Å². The second-order valence-corrected chi connectivity index (χ2v) is 6.14. The summed E-state index contributed by atoms with van der Waals surface area (Å²) >= 11 is 4.03. The average Bonchev–Trinajstić information content (AvgIpc) is 2.81. The van der Waals surface area contributed by atoms with Crippen LogP contribution in [0.2, 0.25) is 0 Å². The Labute approximate surface area is 123 Å². The number of ether oxygens (including phenoxy) is 1. The van der Waals surface area contributed by atoms with E-state index in [1.165, 1.54) is 8.27 Å². The molecule has 18 heavy (non-hydrogen) atoms. The largest absolute Gasteiger partial charge is 0.497 e. The van der Waals surface area contributed by atoms with Crippen molar-refractivity contribution in [2.75, 3.05) is 7.11 Å². The van der Waals surface area contributed by atoms with Gasteiger partial charge in [-0.1, -0.05) is 12.1 Å². The van der Waals surface area contributed by atoms with Crippen molar-refractivity contribution in [2.45, 2.75) is 0 Å². The molecule has 0 saturated carbocycles. The van der Waals surface area contributed by atoms with Gasteiger partial charge in [-0.2, -0.15) is 0 Å². The lowest BCUT2D eigenvalue weighted by molar-refractivity contribution is 0.415. The maximum Gasteiger partial charge on any atom is 0.124 e. The number of benzene rings is 2. The molecule has 0 amide bonds. The lowest BCUT2D eigenvalue weighted by Crippen LogP contribution is -1.82. The van der Waals surface area contributed by atoms with E-state index in [1.807, 2.05) is 18.2 Å². The molecule has 0 aliphatic heterocycles. The Morgan fingerprint density at radius 1 is 1.17 bits per heavy atom. The van der Waals surface area contributed by atoms with Gasteiger partial charge in [0.05, 0.1) is 17.3 Å². The Kier molecular flexibility index (Phi) is 3.22. The zero-order chi connectivity index (χ0) is 12.5. The van der Waals surface area contributed by atoms with Crippen molar-refractivity contribution < 1.29 is 4.74 Å². The lowest BCUT2D eigenvalue weighted by Gasteiger charge is -2.00. The molecular formula is C14H10INOS. The zero-order valence-corrected chi connectivity index (χ0v) is 12.7. The van der Waals surface area contributed by atoms with E-state index in [9.17, 15) is 0 Å². The maximum atomic E-state index is 5.25. The number of nitrogens with zero attached hydrogens (tertiary/aromatic N) is 1. The second kappa shape index (κ2) is 4.85. The fourth-order valence-corrected chi connectivity index (χ4v) is 3.48.